The average Bonchev–Trinajstić information content (AvgIpc) is 2.65. The highest BCUT2D eigenvalue weighted by molar-refractivity contribution is 5.53. The van der Waals surface area contributed by atoms with Crippen molar-refractivity contribution in [1.29, 1.82) is 0 Å². The number of rotatable bonds is 2. The average molecular weight is 222 g/mol. The maximum Gasteiger partial charge on any atom is 0.131 e. The molecule has 0 bridgehead atoms. The van der Waals surface area contributed by atoms with Crippen molar-refractivity contribution in [2.45, 2.75) is 45.7 Å². The van der Waals surface area contributed by atoms with E-state index in [-0.39, 0.29) is 5.54 Å². The summed E-state index contributed by atoms with van der Waals surface area (Å²) in [6, 6.07) is 0. The molecule has 1 saturated heterocycles. The molecule has 0 radical (unpaired) electrons. The smallest absolute Gasteiger partial charge is 0.131 e. The Balaban J connectivity index is 2.47. The Hall–Kier alpha value is -1.03. The highest BCUT2D eigenvalue weighted by Gasteiger charge is 2.35. The van der Waals surface area contributed by atoms with Crippen LogP contribution < -0.4 is 10.6 Å². The molecule has 1 aromatic rings. The predicted octanol–water partition coefficient (Wildman–Crippen LogP) is 1.57. The summed E-state index contributed by atoms with van der Waals surface area (Å²) < 4.78 is 1.98. The van der Waals surface area contributed by atoms with E-state index in [1.54, 1.807) is 0 Å². The minimum Gasteiger partial charge on any atom is -0.351 e. The van der Waals surface area contributed by atoms with E-state index >= 15 is 0 Å². The van der Waals surface area contributed by atoms with Gasteiger partial charge >= 0.3 is 0 Å². The van der Waals surface area contributed by atoms with Gasteiger partial charge in [0.1, 0.15) is 5.82 Å². The minimum atomic E-state index is 0.226. The summed E-state index contributed by atoms with van der Waals surface area (Å²) in [5.74, 6) is 1.21. The van der Waals surface area contributed by atoms with Crippen molar-refractivity contribution >= 4 is 5.82 Å². The quantitative estimate of drug-likeness (QED) is 0.826. The van der Waals surface area contributed by atoms with Crippen LogP contribution in [0.5, 0.6) is 0 Å². The summed E-state index contributed by atoms with van der Waals surface area (Å²) in [6.07, 6.45) is 2.49. The molecule has 0 aromatic carbocycles. The van der Waals surface area contributed by atoms with E-state index in [2.05, 4.69) is 23.8 Å². The Morgan fingerprint density at radius 3 is 2.62 bits per heavy atom. The zero-order chi connectivity index (χ0) is 11.9. The molecule has 90 valence electrons. The monoisotopic (exact) mass is 222 g/mol. The summed E-state index contributed by atoms with van der Waals surface area (Å²) in [4.78, 5) is 2.45. The molecule has 2 rings (SSSR count). The summed E-state index contributed by atoms with van der Waals surface area (Å²) in [5, 5.41) is 4.49. The second kappa shape index (κ2) is 3.77. The van der Waals surface area contributed by atoms with E-state index in [9.17, 15) is 0 Å². The molecule has 0 amide bonds. The second-order valence-electron chi connectivity index (χ2n) is 5.28. The van der Waals surface area contributed by atoms with Crippen LogP contribution >= 0.6 is 0 Å². The van der Waals surface area contributed by atoms with Crippen LogP contribution in [0.3, 0.4) is 0 Å². The van der Waals surface area contributed by atoms with E-state index in [4.69, 9.17) is 5.73 Å². The Labute approximate surface area is 97.4 Å². The largest absolute Gasteiger partial charge is 0.351 e. The molecule has 16 heavy (non-hydrogen) atoms. The molecule has 1 aliphatic rings. The van der Waals surface area contributed by atoms with Crippen LogP contribution in [0, 0.1) is 6.92 Å². The third-order valence-electron chi connectivity index (χ3n) is 3.67. The van der Waals surface area contributed by atoms with Gasteiger partial charge in [-0.25, -0.2) is 0 Å². The van der Waals surface area contributed by atoms with Crippen molar-refractivity contribution in [2.75, 3.05) is 11.4 Å². The van der Waals surface area contributed by atoms with Gasteiger partial charge in [-0.2, -0.15) is 5.10 Å². The first-order valence-electron chi connectivity index (χ1n) is 5.97. The zero-order valence-corrected chi connectivity index (χ0v) is 10.7. The first-order chi connectivity index (χ1) is 7.47. The first kappa shape index (κ1) is 11.5. The number of nitrogens with two attached hydrogens (primary N) is 1. The number of hydrogen-bond acceptors (Lipinski definition) is 3. The van der Waals surface area contributed by atoms with Gasteiger partial charge in [0, 0.05) is 31.2 Å². The van der Waals surface area contributed by atoms with Crippen LogP contribution in [0.2, 0.25) is 0 Å². The maximum absolute atomic E-state index is 5.84. The van der Waals surface area contributed by atoms with Crippen molar-refractivity contribution in [3.05, 3.63) is 11.3 Å². The molecular formula is C12H22N4. The summed E-state index contributed by atoms with van der Waals surface area (Å²) in [6.45, 7) is 8.31. The van der Waals surface area contributed by atoms with Crippen LogP contribution in [0.1, 0.15) is 37.9 Å². The van der Waals surface area contributed by atoms with Gasteiger partial charge in [-0.1, -0.05) is 0 Å². The van der Waals surface area contributed by atoms with Crippen molar-refractivity contribution in [3.63, 3.8) is 0 Å². The summed E-state index contributed by atoms with van der Waals surface area (Å²) in [5.41, 5.74) is 8.32. The zero-order valence-electron chi connectivity index (χ0n) is 10.7. The number of anilines is 1. The van der Waals surface area contributed by atoms with Gasteiger partial charge in [0.05, 0.1) is 5.69 Å². The molecule has 4 nitrogen and oxygen atoms in total. The van der Waals surface area contributed by atoms with Gasteiger partial charge in [0.2, 0.25) is 0 Å². The van der Waals surface area contributed by atoms with Gasteiger partial charge in [-0.15, -0.1) is 0 Å². The van der Waals surface area contributed by atoms with Gasteiger partial charge < -0.3 is 10.6 Å². The van der Waals surface area contributed by atoms with Gasteiger partial charge in [0.15, 0.2) is 0 Å². The molecule has 1 fully saturated rings. The fourth-order valence-electron chi connectivity index (χ4n) is 2.77. The van der Waals surface area contributed by atoms with Gasteiger partial charge in [-0.3, -0.25) is 4.68 Å². The van der Waals surface area contributed by atoms with Gasteiger partial charge in [-0.05, 0) is 33.6 Å². The Bertz CT molecular complexity index is 392. The number of aromatic nitrogens is 2. The van der Waals surface area contributed by atoms with Crippen LogP contribution in [-0.2, 0) is 13.6 Å². The Morgan fingerprint density at radius 1 is 1.44 bits per heavy atom. The molecule has 2 N–H and O–H groups in total. The van der Waals surface area contributed by atoms with Crippen LogP contribution in [0.15, 0.2) is 0 Å². The highest BCUT2D eigenvalue weighted by atomic mass is 15.4. The molecule has 1 aromatic heterocycles. The van der Waals surface area contributed by atoms with E-state index in [0.29, 0.717) is 6.54 Å². The fourth-order valence-corrected chi connectivity index (χ4v) is 2.77. The Morgan fingerprint density at radius 2 is 2.12 bits per heavy atom. The summed E-state index contributed by atoms with van der Waals surface area (Å²) >= 11 is 0. The molecular weight excluding hydrogens is 200 g/mol. The summed E-state index contributed by atoms with van der Waals surface area (Å²) in [7, 11) is 2.01. The molecule has 0 unspecified atom stereocenters. The topological polar surface area (TPSA) is 47.1 Å². The van der Waals surface area contributed by atoms with E-state index in [1.165, 1.54) is 24.2 Å². The van der Waals surface area contributed by atoms with Gasteiger partial charge in [0.25, 0.3) is 0 Å². The lowest BCUT2D eigenvalue weighted by Gasteiger charge is -2.34. The Kier molecular flexibility index (Phi) is 2.70. The SMILES string of the molecule is Cc1nn(C)c(N2CCCC2(C)C)c1CN. The lowest BCUT2D eigenvalue weighted by atomic mass is 10.0. The third kappa shape index (κ3) is 1.61. The van der Waals surface area contributed by atoms with E-state index in [0.717, 1.165) is 12.2 Å². The van der Waals surface area contributed by atoms with Crippen molar-refractivity contribution in [2.24, 2.45) is 12.8 Å². The maximum atomic E-state index is 5.84. The number of aryl methyl sites for hydroxylation is 2. The standard InChI is InChI=1S/C12H22N4/c1-9-10(8-13)11(15(4)14-9)16-7-5-6-12(16,2)3/h5-8,13H2,1-4H3. The third-order valence-corrected chi connectivity index (χ3v) is 3.67. The molecule has 0 saturated carbocycles. The number of nitrogens with zero attached hydrogens (tertiary/aromatic N) is 3. The fraction of sp³-hybridized carbons (Fsp3) is 0.750. The van der Waals surface area contributed by atoms with Crippen molar-refractivity contribution in [3.8, 4) is 0 Å². The molecule has 2 heterocycles. The normalized spacial score (nSPS) is 19.4. The second-order valence-corrected chi connectivity index (χ2v) is 5.28. The van der Waals surface area contributed by atoms with Crippen molar-refractivity contribution < 1.29 is 0 Å². The lowest BCUT2D eigenvalue weighted by molar-refractivity contribution is 0.505. The van der Waals surface area contributed by atoms with E-state index in [1.807, 2.05) is 18.7 Å². The molecule has 1 aliphatic heterocycles. The minimum absolute atomic E-state index is 0.226. The first-order valence-corrected chi connectivity index (χ1v) is 5.97. The van der Waals surface area contributed by atoms with Crippen molar-refractivity contribution in [1.82, 2.24) is 9.78 Å². The molecule has 0 atom stereocenters. The van der Waals surface area contributed by atoms with Crippen LogP contribution in [-0.4, -0.2) is 21.9 Å². The van der Waals surface area contributed by atoms with Crippen LogP contribution in [0.25, 0.3) is 0 Å². The molecule has 0 spiro atoms. The van der Waals surface area contributed by atoms with Crippen LogP contribution in [0.4, 0.5) is 5.82 Å². The highest BCUT2D eigenvalue weighted by Crippen LogP contribution is 2.35. The van der Waals surface area contributed by atoms with E-state index < -0.39 is 0 Å². The predicted molar refractivity (Wildman–Crippen MR) is 66.5 cm³/mol. The lowest BCUT2D eigenvalue weighted by Crippen LogP contribution is -2.40. The molecule has 4 heteroatoms. The number of hydrogen-bond donors (Lipinski definition) is 1. The molecule has 0 aliphatic carbocycles.